The van der Waals surface area contributed by atoms with Crippen molar-refractivity contribution in [2.75, 3.05) is 6.54 Å². The van der Waals surface area contributed by atoms with Gasteiger partial charge >= 0.3 is 6.18 Å². The SMILES string of the molecule is Cc1ccc(CCCC[C@H](N2CCC(=O)N2)C(F)(F)F)cc1. The molecule has 1 aromatic carbocycles. The number of nitrogens with one attached hydrogen (secondary N) is 1. The number of aryl methyl sites for hydroxylation is 2. The first-order valence-corrected chi connectivity index (χ1v) is 7.54. The first-order valence-electron chi connectivity index (χ1n) is 7.54. The van der Waals surface area contributed by atoms with Crippen molar-refractivity contribution in [1.29, 1.82) is 0 Å². The van der Waals surface area contributed by atoms with Gasteiger partial charge in [0.15, 0.2) is 0 Å². The number of benzene rings is 1. The van der Waals surface area contributed by atoms with E-state index < -0.39 is 12.2 Å². The van der Waals surface area contributed by atoms with Gasteiger partial charge in [0.1, 0.15) is 6.04 Å². The van der Waals surface area contributed by atoms with E-state index in [-0.39, 0.29) is 25.3 Å². The maximum atomic E-state index is 13.1. The molecule has 0 bridgehead atoms. The van der Waals surface area contributed by atoms with Gasteiger partial charge in [-0.2, -0.15) is 13.2 Å². The molecule has 1 fully saturated rings. The molecule has 0 aromatic heterocycles. The van der Waals surface area contributed by atoms with E-state index in [9.17, 15) is 18.0 Å². The molecule has 2 rings (SSSR count). The van der Waals surface area contributed by atoms with Crippen LogP contribution in [0.3, 0.4) is 0 Å². The van der Waals surface area contributed by atoms with Gasteiger partial charge in [0.05, 0.1) is 0 Å². The average Bonchev–Trinajstić information content (AvgIpc) is 2.85. The lowest BCUT2D eigenvalue weighted by Crippen LogP contribution is -2.49. The lowest BCUT2D eigenvalue weighted by molar-refractivity contribution is -0.190. The second-order valence-corrected chi connectivity index (χ2v) is 5.77. The molecule has 0 aliphatic carbocycles. The van der Waals surface area contributed by atoms with Crippen molar-refractivity contribution in [3.8, 4) is 0 Å². The van der Waals surface area contributed by atoms with Crippen molar-refractivity contribution in [3.05, 3.63) is 35.4 Å². The number of alkyl halides is 3. The highest BCUT2D eigenvalue weighted by Crippen LogP contribution is 2.29. The standard InChI is InChI=1S/C16H21F3N2O/c1-12-6-8-13(9-7-12)4-2-3-5-14(16(17,18)19)21-11-10-15(22)20-21/h6-9,14H,2-5,10-11H2,1H3,(H,20,22)/t14-/m0/s1. The molecule has 0 saturated carbocycles. The average molecular weight is 314 g/mol. The Morgan fingerprint density at radius 2 is 1.91 bits per heavy atom. The zero-order chi connectivity index (χ0) is 16.2. The topological polar surface area (TPSA) is 32.3 Å². The van der Waals surface area contributed by atoms with Crippen molar-refractivity contribution < 1.29 is 18.0 Å². The third-order valence-electron chi connectivity index (χ3n) is 3.92. The van der Waals surface area contributed by atoms with Crippen LogP contribution in [-0.4, -0.2) is 29.7 Å². The summed E-state index contributed by atoms with van der Waals surface area (Å²) >= 11 is 0. The molecule has 22 heavy (non-hydrogen) atoms. The van der Waals surface area contributed by atoms with Crippen LogP contribution in [0.1, 0.15) is 36.8 Å². The first kappa shape index (κ1) is 16.8. The van der Waals surface area contributed by atoms with Gasteiger partial charge in [-0.15, -0.1) is 0 Å². The van der Waals surface area contributed by atoms with E-state index in [2.05, 4.69) is 5.43 Å². The van der Waals surface area contributed by atoms with E-state index >= 15 is 0 Å². The molecule has 1 amide bonds. The first-order chi connectivity index (χ1) is 10.4. The van der Waals surface area contributed by atoms with Crippen LogP contribution in [-0.2, 0) is 11.2 Å². The number of carbonyl (C=O) groups is 1. The molecule has 6 heteroatoms. The van der Waals surface area contributed by atoms with E-state index in [4.69, 9.17) is 0 Å². The Labute approximate surface area is 128 Å². The molecule has 1 atom stereocenters. The second-order valence-electron chi connectivity index (χ2n) is 5.77. The number of hydrazine groups is 1. The predicted molar refractivity (Wildman–Crippen MR) is 78.0 cm³/mol. The van der Waals surface area contributed by atoms with Crippen LogP contribution in [0, 0.1) is 6.92 Å². The summed E-state index contributed by atoms with van der Waals surface area (Å²) < 4.78 is 39.3. The minimum absolute atomic E-state index is 0.00956. The molecule has 1 aromatic rings. The Hall–Kier alpha value is -1.56. The third kappa shape index (κ3) is 4.73. The molecule has 0 radical (unpaired) electrons. The van der Waals surface area contributed by atoms with Gasteiger partial charge in [0, 0.05) is 13.0 Å². The fourth-order valence-corrected chi connectivity index (χ4v) is 2.65. The molecule has 1 saturated heterocycles. The Kier molecular flexibility index (Phi) is 5.45. The smallest absolute Gasteiger partial charge is 0.288 e. The maximum Gasteiger partial charge on any atom is 0.405 e. The Morgan fingerprint density at radius 3 is 2.45 bits per heavy atom. The van der Waals surface area contributed by atoms with Crippen LogP contribution >= 0.6 is 0 Å². The van der Waals surface area contributed by atoms with E-state index in [1.807, 2.05) is 31.2 Å². The number of amides is 1. The van der Waals surface area contributed by atoms with E-state index in [1.165, 1.54) is 5.56 Å². The normalized spacial score (nSPS) is 17.5. The highest BCUT2D eigenvalue weighted by molar-refractivity contribution is 5.77. The fourth-order valence-electron chi connectivity index (χ4n) is 2.65. The van der Waals surface area contributed by atoms with E-state index in [0.29, 0.717) is 12.8 Å². The molecular weight excluding hydrogens is 293 g/mol. The largest absolute Gasteiger partial charge is 0.405 e. The minimum atomic E-state index is -4.32. The third-order valence-corrected chi connectivity index (χ3v) is 3.92. The van der Waals surface area contributed by atoms with Gasteiger partial charge in [0.2, 0.25) is 5.91 Å². The number of hydrogen-bond donors (Lipinski definition) is 1. The summed E-state index contributed by atoms with van der Waals surface area (Å²) in [5.41, 5.74) is 4.61. The van der Waals surface area contributed by atoms with E-state index in [0.717, 1.165) is 17.0 Å². The summed E-state index contributed by atoms with van der Waals surface area (Å²) in [6.45, 7) is 2.13. The lowest BCUT2D eigenvalue weighted by atomic mass is 10.0. The zero-order valence-corrected chi connectivity index (χ0v) is 12.6. The molecule has 0 spiro atoms. The number of unbranched alkanes of at least 4 members (excludes halogenated alkanes) is 1. The van der Waals surface area contributed by atoms with Gasteiger partial charge < -0.3 is 0 Å². The molecule has 1 aliphatic heterocycles. The summed E-state index contributed by atoms with van der Waals surface area (Å²) in [6, 6.07) is 6.45. The molecule has 1 heterocycles. The van der Waals surface area contributed by atoms with Crippen LogP contribution in [0.5, 0.6) is 0 Å². The molecule has 0 unspecified atom stereocenters. The molecule has 122 valence electrons. The molecule has 1 aliphatic rings. The maximum absolute atomic E-state index is 13.1. The van der Waals surface area contributed by atoms with Crippen molar-refractivity contribution >= 4 is 5.91 Å². The van der Waals surface area contributed by atoms with Crippen LogP contribution in [0.25, 0.3) is 0 Å². The number of carbonyl (C=O) groups excluding carboxylic acids is 1. The monoisotopic (exact) mass is 314 g/mol. The van der Waals surface area contributed by atoms with Crippen molar-refractivity contribution in [1.82, 2.24) is 10.4 Å². The Morgan fingerprint density at radius 1 is 1.23 bits per heavy atom. The molecule has 1 N–H and O–H groups in total. The van der Waals surface area contributed by atoms with Crippen molar-refractivity contribution in [2.24, 2.45) is 0 Å². The number of hydrogen-bond acceptors (Lipinski definition) is 2. The summed E-state index contributed by atoms with van der Waals surface area (Å²) in [5, 5.41) is 1.04. The van der Waals surface area contributed by atoms with Gasteiger partial charge in [-0.3, -0.25) is 10.2 Å². The Balaban J connectivity index is 1.81. The minimum Gasteiger partial charge on any atom is -0.288 e. The van der Waals surface area contributed by atoms with Crippen LogP contribution < -0.4 is 5.43 Å². The highest BCUT2D eigenvalue weighted by atomic mass is 19.4. The van der Waals surface area contributed by atoms with Gasteiger partial charge in [0.25, 0.3) is 0 Å². The lowest BCUT2D eigenvalue weighted by Gasteiger charge is -2.28. The number of nitrogens with zero attached hydrogens (tertiary/aromatic N) is 1. The van der Waals surface area contributed by atoms with E-state index in [1.54, 1.807) is 0 Å². The fraction of sp³-hybridized carbons (Fsp3) is 0.562. The van der Waals surface area contributed by atoms with Crippen LogP contribution in [0.2, 0.25) is 0 Å². The number of halogens is 3. The van der Waals surface area contributed by atoms with Gasteiger partial charge in [-0.1, -0.05) is 36.2 Å². The summed E-state index contributed by atoms with van der Waals surface area (Å²) in [5.74, 6) is -0.339. The van der Waals surface area contributed by atoms with Gasteiger partial charge in [-0.05, 0) is 31.7 Å². The summed E-state index contributed by atoms with van der Waals surface area (Å²) in [6.07, 6.45) is -2.22. The van der Waals surface area contributed by atoms with Crippen molar-refractivity contribution in [3.63, 3.8) is 0 Å². The predicted octanol–water partition coefficient (Wildman–Crippen LogP) is 3.38. The second kappa shape index (κ2) is 7.13. The Bertz CT molecular complexity index is 499. The summed E-state index contributed by atoms with van der Waals surface area (Å²) in [4.78, 5) is 11.1. The van der Waals surface area contributed by atoms with Crippen molar-refractivity contribution in [2.45, 2.75) is 51.2 Å². The quantitative estimate of drug-likeness (QED) is 0.817. The van der Waals surface area contributed by atoms with Crippen LogP contribution in [0.15, 0.2) is 24.3 Å². The zero-order valence-electron chi connectivity index (χ0n) is 12.6. The summed E-state index contributed by atoms with van der Waals surface area (Å²) in [7, 11) is 0. The highest BCUT2D eigenvalue weighted by Gasteiger charge is 2.45. The number of rotatable bonds is 6. The van der Waals surface area contributed by atoms with Gasteiger partial charge in [-0.25, -0.2) is 5.01 Å². The molecule has 3 nitrogen and oxygen atoms in total. The molecular formula is C16H21F3N2O. The van der Waals surface area contributed by atoms with Crippen LogP contribution in [0.4, 0.5) is 13.2 Å².